The summed E-state index contributed by atoms with van der Waals surface area (Å²) in [5.41, 5.74) is 0.721. The Morgan fingerprint density at radius 3 is 2.50 bits per heavy atom. The number of hydrogen-bond acceptors (Lipinski definition) is 3. The Bertz CT molecular complexity index is 400. The topological polar surface area (TPSA) is 75.6 Å². The highest BCUT2D eigenvalue weighted by molar-refractivity contribution is 5.75. The van der Waals surface area contributed by atoms with Gasteiger partial charge in [0.2, 0.25) is 5.91 Å². The quantitative estimate of drug-likeness (QED) is 0.764. The van der Waals surface area contributed by atoms with E-state index in [1.54, 1.807) is 24.3 Å². The highest BCUT2D eigenvalue weighted by Crippen LogP contribution is 2.12. The molecule has 0 aliphatic carbocycles. The molecule has 0 aliphatic rings. The summed E-state index contributed by atoms with van der Waals surface area (Å²) < 4.78 is 5.37. The minimum absolute atomic E-state index is 0.000808. The van der Waals surface area contributed by atoms with Crippen molar-refractivity contribution >= 4 is 11.9 Å². The van der Waals surface area contributed by atoms with E-state index in [2.05, 4.69) is 5.32 Å². The summed E-state index contributed by atoms with van der Waals surface area (Å²) in [6, 6.07) is 6.82. The van der Waals surface area contributed by atoms with Gasteiger partial charge in [-0.2, -0.15) is 0 Å². The predicted molar refractivity (Wildman–Crippen MR) is 66.6 cm³/mol. The Kier molecular flexibility index (Phi) is 5.70. The van der Waals surface area contributed by atoms with Gasteiger partial charge < -0.3 is 15.2 Å². The van der Waals surface area contributed by atoms with Gasteiger partial charge in [0.1, 0.15) is 5.75 Å². The standard InChI is InChI=1S/C13H17NO4/c1-2-14-12(15)7-8-18-11-5-3-10(4-6-11)9-13(16)17/h3-6H,2,7-9H2,1H3,(H,14,15)(H,16,17). The molecule has 0 saturated heterocycles. The van der Waals surface area contributed by atoms with Gasteiger partial charge in [-0.05, 0) is 24.6 Å². The fourth-order valence-electron chi connectivity index (χ4n) is 1.43. The van der Waals surface area contributed by atoms with Crippen molar-refractivity contribution in [2.24, 2.45) is 0 Å². The van der Waals surface area contributed by atoms with Crippen molar-refractivity contribution in [2.75, 3.05) is 13.2 Å². The zero-order valence-electron chi connectivity index (χ0n) is 10.3. The summed E-state index contributed by atoms with van der Waals surface area (Å²) in [6.07, 6.45) is 0.309. The van der Waals surface area contributed by atoms with Crippen molar-refractivity contribution in [3.05, 3.63) is 29.8 Å². The number of carbonyl (C=O) groups excluding carboxylic acids is 1. The van der Waals surface area contributed by atoms with Gasteiger partial charge in [0.25, 0.3) is 0 Å². The molecule has 5 nitrogen and oxygen atoms in total. The van der Waals surface area contributed by atoms with Crippen molar-refractivity contribution in [1.82, 2.24) is 5.32 Å². The highest BCUT2D eigenvalue weighted by atomic mass is 16.5. The summed E-state index contributed by atoms with van der Waals surface area (Å²) in [7, 11) is 0. The molecule has 0 fully saturated rings. The van der Waals surface area contributed by atoms with Gasteiger partial charge >= 0.3 is 5.97 Å². The van der Waals surface area contributed by atoms with Gasteiger partial charge in [0, 0.05) is 6.54 Å². The molecule has 0 spiro atoms. The number of benzene rings is 1. The lowest BCUT2D eigenvalue weighted by molar-refractivity contribution is -0.136. The van der Waals surface area contributed by atoms with Gasteiger partial charge in [-0.3, -0.25) is 9.59 Å². The lowest BCUT2D eigenvalue weighted by atomic mass is 10.1. The van der Waals surface area contributed by atoms with Crippen LogP contribution < -0.4 is 10.1 Å². The molecule has 5 heteroatoms. The lowest BCUT2D eigenvalue weighted by Gasteiger charge is -2.06. The van der Waals surface area contributed by atoms with E-state index in [9.17, 15) is 9.59 Å². The van der Waals surface area contributed by atoms with E-state index in [0.29, 0.717) is 25.3 Å². The van der Waals surface area contributed by atoms with Crippen LogP contribution in [0, 0.1) is 0 Å². The molecular formula is C13H17NO4. The molecule has 0 bridgehead atoms. The van der Waals surface area contributed by atoms with Gasteiger partial charge in [0.05, 0.1) is 19.4 Å². The SMILES string of the molecule is CCNC(=O)CCOc1ccc(CC(=O)O)cc1. The van der Waals surface area contributed by atoms with Gasteiger partial charge in [0.15, 0.2) is 0 Å². The minimum Gasteiger partial charge on any atom is -0.493 e. The molecule has 18 heavy (non-hydrogen) atoms. The van der Waals surface area contributed by atoms with E-state index in [-0.39, 0.29) is 12.3 Å². The molecule has 1 aromatic rings. The van der Waals surface area contributed by atoms with Crippen LogP contribution in [0.3, 0.4) is 0 Å². The van der Waals surface area contributed by atoms with E-state index in [1.165, 1.54) is 0 Å². The summed E-state index contributed by atoms with van der Waals surface area (Å²) in [5.74, 6) is -0.270. The maximum atomic E-state index is 11.2. The van der Waals surface area contributed by atoms with Gasteiger partial charge in [-0.25, -0.2) is 0 Å². The molecule has 0 radical (unpaired) electrons. The largest absolute Gasteiger partial charge is 0.493 e. The zero-order chi connectivity index (χ0) is 13.4. The van der Waals surface area contributed by atoms with Crippen molar-refractivity contribution in [2.45, 2.75) is 19.8 Å². The number of amides is 1. The van der Waals surface area contributed by atoms with Crippen molar-refractivity contribution in [1.29, 1.82) is 0 Å². The third-order valence-corrected chi connectivity index (χ3v) is 2.25. The number of hydrogen-bond donors (Lipinski definition) is 2. The third-order valence-electron chi connectivity index (χ3n) is 2.25. The maximum absolute atomic E-state index is 11.2. The number of nitrogens with one attached hydrogen (secondary N) is 1. The normalized spacial score (nSPS) is 9.83. The van der Waals surface area contributed by atoms with E-state index >= 15 is 0 Å². The zero-order valence-corrected chi connectivity index (χ0v) is 10.3. The Morgan fingerprint density at radius 2 is 1.94 bits per heavy atom. The Labute approximate surface area is 106 Å². The van der Waals surface area contributed by atoms with Gasteiger partial charge in [-0.15, -0.1) is 0 Å². The monoisotopic (exact) mass is 251 g/mol. The summed E-state index contributed by atoms with van der Waals surface area (Å²) in [4.78, 5) is 21.6. The molecule has 0 aromatic heterocycles. The van der Waals surface area contributed by atoms with Crippen molar-refractivity contribution in [3.63, 3.8) is 0 Å². The number of ether oxygens (including phenoxy) is 1. The van der Waals surface area contributed by atoms with E-state index < -0.39 is 5.97 Å². The van der Waals surface area contributed by atoms with E-state index in [1.807, 2.05) is 6.92 Å². The van der Waals surface area contributed by atoms with Crippen LogP contribution in [-0.4, -0.2) is 30.1 Å². The highest BCUT2D eigenvalue weighted by Gasteiger charge is 2.02. The number of carbonyl (C=O) groups is 2. The first-order valence-corrected chi connectivity index (χ1v) is 5.82. The van der Waals surface area contributed by atoms with Crippen LogP contribution in [-0.2, 0) is 16.0 Å². The molecule has 98 valence electrons. The average molecular weight is 251 g/mol. The van der Waals surface area contributed by atoms with Gasteiger partial charge in [-0.1, -0.05) is 12.1 Å². The smallest absolute Gasteiger partial charge is 0.307 e. The minimum atomic E-state index is -0.861. The Morgan fingerprint density at radius 1 is 1.28 bits per heavy atom. The molecule has 0 saturated carbocycles. The van der Waals surface area contributed by atoms with Crippen LogP contribution in [0.4, 0.5) is 0 Å². The molecule has 0 atom stereocenters. The van der Waals surface area contributed by atoms with Crippen molar-refractivity contribution < 1.29 is 19.4 Å². The summed E-state index contributed by atoms with van der Waals surface area (Å²) >= 11 is 0. The molecule has 1 aromatic carbocycles. The number of carboxylic acid groups (broad SMARTS) is 1. The summed E-state index contributed by atoms with van der Waals surface area (Å²) in [5, 5.41) is 11.3. The van der Waals surface area contributed by atoms with E-state index in [4.69, 9.17) is 9.84 Å². The van der Waals surface area contributed by atoms with Crippen LogP contribution in [0.25, 0.3) is 0 Å². The van der Waals surface area contributed by atoms with Crippen LogP contribution in [0.2, 0.25) is 0 Å². The first kappa shape index (κ1) is 14.0. The molecule has 0 aliphatic heterocycles. The first-order chi connectivity index (χ1) is 8.61. The number of rotatable bonds is 7. The van der Waals surface area contributed by atoms with Crippen molar-refractivity contribution in [3.8, 4) is 5.75 Å². The Balaban J connectivity index is 2.35. The van der Waals surface area contributed by atoms with Crippen LogP contribution in [0.15, 0.2) is 24.3 Å². The second-order valence-electron chi connectivity index (χ2n) is 3.77. The predicted octanol–water partition coefficient (Wildman–Crippen LogP) is 1.22. The second kappa shape index (κ2) is 7.32. The van der Waals surface area contributed by atoms with Crippen LogP contribution >= 0.6 is 0 Å². The fourth-order valence-corrected chi connectivity index (χ4v) is 1.43. The third kappa shape index (κ3) is 5.34. The molecule has 0 unspecified atom stereocenters. The average Bonchev–Trinajstić information content (AvgIpc) is 2.31. The first-order valence-electron chi connectivity index (χ1n) is 5.82. The lowest BCUT2D eigenvalue weighted by Crippen LogP contribution is -2.24. The van der Waals surface area contributed by atoms with Crippen LogP contribution in [0.5, 0.6) is 5.75 Å². The molecule has 0 heterocycles. The maximum Gasteiger partial charge on any atom is 0.307 e. The number of carboxylic acids is 1. The second-order valence-corrected chi connectivity index (χ2v) is 3.77. The molecule has 2 N–H and O–H groups in total. The number of aliphatic carboxylic acids is 1. The molecule has 1 amide bonds. The van der Waals surface area contributed by atoms with E-state index in [0.717, 1.165) is 5.56 Å². The molecular weight excluding hydrogens is 234 g/mol. The van der Waals surface area contributed by atoms with Crippen LogP contribution in [0.1, 0.15) is 18.9 Å². The molecule has 1 rings (SSSR count). The fraction of sp³-hybridized carbons (Fsp3) is 0.385. The summed E-state index contributed by atoms with van der Waals surface area (Å²) in [6.45, 7) is 2.78. The Hall–Kier alpha value is -2.04.